The number of rotatable bonds is 6. The second kappa shape index (κ2) is 8.40. The number of nitrogens with one attached hydrogen (secondary N) is 2. The zero-order valence-corrected chi connectivity index (χ0v) is 15.3. The smallest absolute Gasteiger partial charge is 0.338 e. The SMILES string of the molecule is COc1ccc([C@@H]2NC(=O)NC(C)=C2C(=O)OCCc2ccccc2)cc1. The van der Waals surface area contributed by atoms with Crippen LogP contribution in [0.15, 0.2) is 65.9 Å². The number of urea groups is 1. The minimum absolute atomic E-state index is 0.267. The van der Waals surface area contributed by atoms with Crippen molar-refractivity contribution in [3.63, 3.8) is 0 Å². The Hall–Kier alpha value is -3.28. The Morgan fingerprint density at radius 2 is 1.78 bits per heavy atom. The molecule has 140 valence electrons. The van der Waals surface area contributed by atoms with E-state index in [4.69, 9.17) is 9.47 Å². The molecule has 27 heavy (non-hydrogen) atoms. The number of esters is 1. The third-order valence-electron chi connectivity index (χ3n) is 4.40. The maximum Gasteiger partial charge on any atom is 0.338 e. The average molecular weight is 366 g/mol. The van der Waals surface area contributed by atoms with Gasteiger partial charge in [0.15, 0.2) is 0 Å². The number of carbonyl (C=O) groups excluding carboxylic acids is 2. The summed E-state index contributed by atoms with van der Waals surface area (Å²) < 4.78 is 10.6. The molecule has 3 rings (SSSR count). The van der Waals surface area contributed by atoms with Gasteiger partial charge in [0.05, 0.1) is 25.3 Å². The highest BCUT2D eigenvalue weighted by Crippen LogP contribution is 2.28. The molecule has 2 aromatic rings. The van der Waals surface area contributed by atoms with Gasteiger partial charge in [0.25, 0.3) is 0 Å². The maximum atomic E-state index is 12.7. The van der Waals surface area contributed by atoms with E-state index in [0.29, 0.717) is 23.4 Å². The lowest BCUT2D eigenvalue weighted by molar-refractivity contribution is -0.139. The minimum atomic E-state index is -0.575. The number of hydrogen-bond donors (Lipinski definition) is 2. The summed E-state index contributed by atoms with van der Waals surface area (Å²) in [4.78, 5) is 24.6. The van der Waals surface area contributed by atoms with E-state index in [9.17, 15) is 9.59 Å². The van der Waals surface area contributed by atoms with Gasteiger partial charge in [-0.25, -0.2) is 9.59 Å². The molecule has 0 saturated heterocycles. The number of ether oxygens (including phenoxy) is 2. The van der Waals surface area contributed by atoms with Crippen LogP contribution in [0.1, 0.15) is 24.1 Å². The first-order chi connectivity index (χ1) is 13.1. The number of amides is 2. The van der Waals surface area contributed by atoms with Gasteiger partial charge in [-0.05, 0) is 30.2 Å². The van der Waals surface area contributed by atoms with Crippen molar-refractivity contribution in [3.05, 3.63) is 77.0 Å². The van der Waals surface area contributed by atoms with Gasteiger partial charge in [0.1, 0.15) is 5.75 Å². The van der Waals surface area contributed by atoms with Crippen LogP contribution in [-0.4, -0.2) is 25.7 Å². The number of benzene rings is 2. The summed E-state index contributed by atoms with van der Waals surface area (Å²) in [5, 5.41) is 5.43. The summed E-state index contributed by atoms with van der Waals surface area (Å²) in [5.74, 6) is 0.253. The maximum absolute atomic E-state index is 12.7. The highest BCUT2D eigenvalue weighted by Gasteiger charge is 2.32. The molecule has 0 aliphatic carbocycles. The molecule has 0 spiro atoms. The molecular weight excluding hydrogens is 344 g/mol. The van der Waals surface area contributed by atoms with Crippen molar-refractivity contribution in [2.24, 2.45) is 0 Å². The van der Waals surface area contributed by atoms with Crippen molar-refractivity contribution in [1.82, 2.24) is 10.6 Å². The summed E-state index contributed by atoms with van der Waals surface area (Å²) in [6.45, 7) is 1.96. The van der Waals surface area contributed by atoms with Gasteiger partial charge in [-0.2, -0.15) is 0 Å². The van der Waals surface area contributed by atoms with Gasteiger partial charge in [-0.3, -0.25) is 0 Å². The Morgan fingerprint density at radius 3 is 2.44 bits per heavy atom. The van der Waals surface area contributed by atoms with Crippen LogP contribution < -0.4 is 15.4 Å². The van der Waals surface area contributed by atoms with E-state index in [-0.39, 0.29) is 12.6 Å². The first-order valence-corrected chi connectivity index (χ1v) is 8.72. The van der Waals surface area contributed by atoms with Crippen molar-refractivity contribution in [2.45, 2.75) is 19.4 Å². The van der Waals surface area contributed by atoms with E-state index < -0.39 is 12.0 Å². The fourth-order valence-electron chi connectivity index (χ4n) is 2.99. The normalized spacial score (nSPS) is 16.4. The summed E-state index contributed by atoms with van der Waals surface area (Å²) in [6.07, 6.45) is 0.631. The molecule has 0 radical (unpaired) electrons. The number of carbonyl (C=O) groups is 2. The van der Waals surface area contributed by atoms with Gasteiger partial charge in [0, 0.05) is 12.1 Å². The van der Waals surface area contributed by atoms with E-state index in [1.54, 1.807) is 26.2 Å². The van der Waals surface area contributed by atoms with Crippen molar-refractivity contribution in [3.8, 4) is 5.75 Å². The molecule has 1 aliphatic heterocycles. The lowest BCUT2D eigenvalue weighted by Gasteiger charge is -2.28. The molecule has 0 unspecified atom stereocenters. The number of allylic oxidation sites excluding steroid dienone is 1. The highest BCUT2D eigenvalue weighted by molar-refractivity contribution is 5.95. The highest BCUT2D eigenvalue weighted by atomic mass is 16.5. The molecule has 2 amide bonds. The Bertz CT molecular complexity index is 844. The molecule has 6 nitrogen and oxygen atoms in total. The predicted octanol–water partition coefficient (Wildman–Crippen LogP) is 3.11. The van der Waals surface area contributed by atoms with Crippen LogP contribution in [0.25, 0.3) is 0 Å². The van der Waals surface area contributed by atoms with Crippen LogP contribution in [-0.2, 0) is 16.0 Å². The van der Waals surface area contributed by atoms with Gasteiger partial charge in [-0.15, -0.1) is 0 Å². The zero-order chi connectivity index (χ0) is 19.2. The largest absolute Gasteiger partial charge is 0.497 e. The summed E-state index contributed by atoms with van der Waals surface area (Å²) in [7, 11) is 1.58. The average Bonchev–Trinajstić information content (AvgIpc) is 2.68. The molecule has 0 saturated carbocycles. The van der Waals surface area contributed by atoms with Crippen molar-refractivity contribution in [1.29, 1.82) is 0 Å². The molecule has 0 bridgehead atoms. The molecule has 6 heteroatoms. The Morgan fingerprint density at radius 1 is 1.07 bits per heavy atom. The van der Waals surface area contributed by atoms with E-state index >= 15 is 0 Å². The molecule has 1 aliphatic rings. The second-order valence-electron chi connectivity index (χ2n) is 6.21. The van der Waals surface area contributed by atoms with E-state index in [2.05, 4.69) is 10.6 Å². The fourth-order valence-corrected chi connectivity index (χ4v) is 2.99. The summed E-state index contributed by atoms with van der Waals surface area (Å²) in [6, 6.07) is 16.1. The van der Waals surface area contributed by atoms with Crippen molar-refractivity contribution in [2.75, 3.05) is 13.7 Å². The topological polar surface area (TPSA) is 76.7 Å². The molecule has 2 N–H and O–H groups in total. The van der Waals surface area contributed by atoms with Crippen molar-refractivity contribution < 1.29 is 19.1 Å². The molecule has 1 atom stereocenters. The van der Waals surface area contributed by atoms with E-state index in [0.717, 1.165) is 11.1 Å². The van der Waals surface area contributed by atoms with E-state index in [1.165, 1.54) is 0 Å². The molecule has 1 heterocycles. The Kier molecular flexibility index (Phi) is 5.76. The molecule has 2 aromatic carbocycles. The summed E-state index contributed by atoms with van der Waals surface area (Å²) >= 11 is 0. The van der Waals surface area contributed by atoms with Gasteiger partial charge in [-0.1, -0.05) is 42.5 Å². The third-order valence-corrected chi connectivity index (χ3v) is 4.40. The van der Waals surface area contributed by atoms with Gasteiger partial charge in [0.2, 0.25) is 0 Å². The number of methoxy groups -OCH3 is 1. The lowest BCUT2D eigenvalue weighted by atomic mass is 9.95. The van der Waals surface area contributed by atoms with Crippen LogP contribution in [0.3, 0.4) is 0 Å². The first-order valence-electron chi connectivity index (χ1n) is 8.72. The molecule has 0 aromatic heterocycles. The van der Waals surface area contributed by atoms with Crippen LogP contribution >= 0.6 is 0 Å². The zero-order valence-electron chi connectivity index (χ0n) is 15.3. The van der Waals surface area contributed by atoms with E-state index in [1.807, 2.05) is 42.5 Å². The standard InChI is InChI=1S/C21H22N2O4/c1-14-18(20(24)27-13-12-15-6-4-3-5-7-15)19(23-21(25)22-14)16-8-10-17(26-2)11-9-16/h3-11,19H,12-13H2,1-2H3,(H2,22,23,25)/t19-/m0/s1. The van der Waals surface area contributed by atoms with Crippen LogP contribution in [0.4, 0.5) is 4.79 Å². The first kappa shape index (κ1) is 18.5. The lowest BCUT2D eigenvalue weighted by Crippen LogP contribution is -2.45. The van der Waals surface area contributed by atoms with Crippen molar-refractivity contribution >= 4 is 12.0 Å². The molecule has 0 fully saturated rings. The summed E-state index contributed by atoms with van der Waals surface area (Å²) in [5.41, 5.74) is 2.76. The Balaban J connectivity index is 1.75. The van der Waals surface area contributed by atoms with Crippen LogP contribution in [0.2, 0.25) is 0 Å². The van der Waals surface area contributed by atoms with Gasteiger partial charge >= 0.3 is 12.0 Å². The Labute approximate surface area is 158 Å². The quantitative estimate of drug-likeness (QED) is 0.770. The molecular formula is C21H22N2O4. The number of hydrogen-bond acceptors (Lipinski definition) is 4. The minimum Gasteiger partial charge on any atom is -0.497 e. The predicted molar refractivity (Wildman–Crippen MR) is 101 cm³/mol. The van der Waals surface area contributed by atoms with Crippen LogP contribution in [0.5, 0.6) is 5.75 Å². The second-order valence-corrected chi connectivity index (χ2v) is 6.21. The fraction of sp³-hybridized carbons (Fsp3) is 0.238. The third kappa shape index (κ3) is 4.47. The van der Waals surface area contributed by atoms with Crippen LogP contribution in [0, 0.1) is 0 Å². The monoisotopic (exact) mass is 366 g/mol. The van der Waals surface area contributed by atoms with Gasteiger partial charge < -0.3 is 20.1 Å².